The molecule has 1 aromatic heterocycles. The molecule has 1 N–H and O–H groups in total. The van der Waals surface area contributed by atoms with Crippen LogP contribution in [-0.4, -0.2) is 6.10 Å². The summed E-state index contributed by atoms with van der Waals surface area (Å²) in [4.78, 5) is 0. The summed E-state index contributed by atoms with van der Waals surface area (Å²) >= 11 is 3.31. The fraction of sp³-hybridized carbons (Fsp3) is 0.375. The SMILES string of the molecule is CC(C)Oc1ccccc1C(C)NCc1ccc(Br)o1. The average molecular weight is 338 g/mol. The van der Waals surface area contributed by atoms with Crippen molar-refractivity contribution < 1.29 is 9.15 Å². The van der Waals surface area contributed by atoms with Crippen molar-refractivity contribution in [2.45, 2.75) is 39.5 Å². The number of halogens is 1. The quantitative estimate of drug-likeness (QED) is 0.830. The monoisotopic (exact) mass is 337 g/mol. The molecule has 108 valence electrons. The molecule has 0 aliphatic carbocycles. The Morgan fingerprint density at radius 2 is 1.90 bits per heavy atom. The predicted molar refractivity (Wildman–Crippen MR) is 83.9 cm³/mol. The Kier molecular flexibility index (Phi) is 5.26. The Bertz CT molecular complexity index is 551. The van der Waals surface area contributed by atoms with Crippen molar-refractivity contribution in [1.82, 2.24) is 5.32 Å². The third-order valence-corrected chi connectivity index (χ3v) is 3.39. The Balaban J connectivity index is 2.03. The summed E-state index contributed by atoms with van der Waals surface area (Å²) in [5.41, 5.74) is 1.16. The van der Waals surface area contributed by atoms with Crippen LogP contribution in [0.2, 0.25) is 0 Å². The van der Waals surface area contributed by atoms with Gasteiger partial charge >= 0.3 is 0 Å². The summed E-state index contributed by atoms with van der Waals surface area (Å²) in [5, 5.41) is 3.45. The minimum atomic E-state index is 0.171. The van der Waals surface area contributed by atoms with E-state index in [-0.39, 0.29) is 12.1 Å². The molecule has 2 rings (SSSR count). The van der Waals surface area contributed by atoms with E-state index in [0.717, 1.165) is 21.7 Å². The van der Waals surface area contributed by atoms with Gasteiger partial charge in [0.05, 0.1) is 12.6 Å². The van der Waals surface area contributed by atoms with Crippen molar-refractivity contribution in [3.8, 4) is 5.75 Å². The maximum Gasteiger partial charge on any atom is 0.169 e. The van der Waals surface area contributed by atoms with E-state index in [1.807, 2.05) is 44.2 Å². The molecule has 0 bridgehead atoms. The molecule has 2 aromatic rings. The van der Waals surface area contributed by atoms with Crippen molar-refractivity contribution in [3.63, 3.8) is 0 Å². The molecule has 20 heavy (non-hydrogen) atoms. The third kappa shape index (κ3) is 4.12. The van der Waals surface area contributed by atoms with E-state index < -0.39 is 0 Å². The van der Waals surface area contributed by atoms with Gasteiger partial charge in [-0.3, -0.25) is 0 Å². The lowest BCUT2D eigenvalue weighted by Gasteiger charge is -2.19. The molecular weight excluding hydrogens is 318 g/mol. The summed E-state index contributed by atoms with van der Waals surface area (Å²) in [7, 11) is 0. The second-order valence-corrected chi connectivity index (χ2v) is 5.79. The minimum absolute atomic E-state index is 0.171. The predicted octanol–water partition coefficient (Wildman–Crippen LogP) is 4.68. The van der Waals surface area contributed by atoms with Crippen LogP contribution >= 0.6 is 15.9 Å². The van der Waals surface area contributed by atoms with Crippen LogP contribution in [0.15, 0.2) is 45.5 Å². The fourth-order valence-corrected chi connectivity index (χ4v) is 2.35. The summed E-state index contributed by atoms with van der Waals surface area (Å²) in [6.07, 6.45) is 0.171. The van der Waals surface area contributed by atoms with Gasteiger partial charge in [0, 0.05) is 11.6 Å². The van der Waals surface area contributed by atoms with Gasteiger partial charge in [-0.15, -0.1) is 0 Å². The zero-order valence-electron chi connectivity index (χ0n) is 12.0. The van der Waals surface area contributed by atoms with E-state index in [2.05, 4.69) is 34.2 Å². The Labute approximate surface area is 128 Å². The Morgan fingerprint density at radius 1 is 1.15 bits per heavy atom. The van der Waals surface area contributed by atoms with Gasteiger partial charge in [-0.05, 0) is 54.9 Å². The highest BCUT2D eigenvalue weighted by atomic mass is 79.9. The number of rotatable bonds is 6. The van der Waals surface area contributed by atoms with Crippen LogP contribution < -0.4 is 10.1 Å². The minimum Gasteiger partial charge on any atom is -0.491 e. The van der Waals surface area contributed by atoms with Crippen molar-refractivity contribution in [2.75, 3.05) is 0 Å². The lowest BCUT2D eigenvalue weighted by Crippen LogP contribution is -2.19. The van der Waals surface area contributed by atoms with E-state index in [4.69, 9.17) is 9.15 Å². The van der Waals surface area contributed by atoms with Crippen molar-refractivity contribution in [2.24, 2.45) is 0 Å². The molecule has 0 aliphatic heterocycles. The van der Waals surface area contributed by atoms with E-state index in [0.29, 0.717) is 6.54 Å². The molecule has 4 heteroatoms. The largest absolute Gasteiger partial charge is 0.491 e. The number of benzene rings is 1. The smallest absolute Gasteiger partial charge is 0.169 e. The molecule has 1 aromatic carbocycles. The molecule has 1 atom stereocenters. The van der Waals surface area contributed by atoms with Crippen LogP contribution in [0.5, 0.6) is 5.75 Å². The molecule has 0 amide bonds. The number of para-hydroxylation sites is 1. The van der Waals surface area contributed by atoms with Gasteiger partial charge in [-0.25, -0.2) is 0 Å². The van der Waals surface area contributed by atoms with Gasteiger partial charge in [0.2, 0.25) is 0 Å². The van der Waals surface area contributed by atoms with Gasteiger partial charge in [0.25, 0.3) is 0 Å². The first-order chi connectivity index (χ1) is 9.56. The molecule has 0 saturated heterocycles. The van der Waals surface area contributed by atoms with Gasteiger partial charge < -0.3 is 14.5 Å². The molecule has 1 unspecified atom stereocenters. The number of ether oxygens (including phenoxy) is 1. The second-order valence-electron chi connectivity index (χ2n) is 5.01. The molecule has 3 nitrogen and oxygen atoms in total. The first-order valence-electron chi connectivity index (χ1n) is 6.79. The standard InChI is InChI=1S/C16H20BrNO2/c1-11(2)19-15-7-5-4-6-14(15)12(3)18-10-13-8-9-16(17)20-13/h4-9,11-12,18H,10H2,1-3H3. The van der Waals surface area contributed by atoms with Crippen LogP contribution in [0.1, 0.15) is 38.1 Å². The van der Waals surface area contributed by atoms with Crippen LogP contribution in [0.3, 0.4) is 0 Å². The van der Waals surface area contributed by atoms with Gasteiger partial charge in [-0.1, -0.05) is 18.2 Å². The molecule has 1 heterocycles. The van der Waals surface area contributed by atoms with E-state index in [9.17, 15) is 0 Å². The Hall–Kier alpha value is -1.26. The summed E-state index contributed by atoms with van der Waals surface area (Å²) in [5.74, 6) is 1.84. The van der Waals surface area contributed by atoms with Crippen LogP contribution in [0, 0.1) is 0 Å². The van der Waals surface area contributed by atoms with E-state index in [1.54, 1.807) is 0 Å². The number of furan rings is 1. The maximum absolute atomic E-state index is 5.85. The molecule has 0 fully saturated rings. The molecule has 0 saturated carbocycles. The van der Waals surface area contributed by atoms with Crippen molar-refractivity contribution in [3.05, 3.63) is 52.4 Å². The highest BCUT2D eigenvalue weighted by molar-refractivity contribution is 9.10. The van der Waals surface area contributed by atoms with E-state index >= 15 is 0 Å². The summed E-state index contributed by atoms with van der Waals surface area (Å²) in [6, 6.07) is 12.2. The molecule has 0 spiro atoms. The van der Waals surface area contributed by atoms with Crippen LogP contribution in [-0.2, 0) is 6.54 Å². The maximum atomic E-state index is 5.85. The van der Waals surface area contributed by atoms with Gasteiger partial charge in [0.15, 0.2) is 4.67 Å². The topological polar surface area (TPSA) is 34.4 Å². The molecular formula is C16H20BrNO2. The van der Waals surface area contributed by atoms with Crippen molar-refractivity contribution >= 4 is 15.9 Å². The lowest BCUT2D eigenvalue weighted by molar-refractivity contribution is 0.238. The zero-order valence-corrected chi connectivity index (χ0v) is 13.6. The highest BCUT2D eigenvalue weighted by Gasteiger charge is 2.12. The third-order valence-electron chi connectivity index (χ3n) is 2.96. The average Bonchev–Trinajstić information content (AvgIpc) is 2.82. The van der Waals surface area contributed by atoms with Crippen LogP contribution in [0.4, 0.5) is 0 Å². The zero-order chi connectivity index (χ0) is 14.5. The number of nitrogens with one attached hydrogen (secondary N) is 1. The summed E-state index contributed by atoms with van der Waals surface area (Å²) < 4.78 is 12.1. The van der Waals surface area contributed by atoms with Gasteiger partial charge in [-0.2, -0.15) is 0 Å². The lowest BCUT2D eigenvalue weighted by atomic mass is 10.1. The summed E-state index contributed by atoms with van der Waals surface area (Å²) in [6.45, 7) is 6.88. The highest BCUT2D eigenvalue weighted by Crippen LogP contribution is 2.26. The first kappa shape index (κ1) is 15.1. The number of hydrogen-bond acceptors (Lipinski definition) is 3. The van der Waals surface area contributed by atoms with Crippen LogP contribution in [0.25, 0.3) is 0 Å². The fourth-order valence-electron chi connectivity index (χ4n) is 2.01. The molecule has 0 aliphatic rings. The normalized spacial score (nSPS) is 12.7. The number of hydrogen-bond donors (Lipinski definition) is 1. The first-order valence-corrected chi connectivity index (χ1v) is 7.58. The van der Waals surface area contributed by atoms with Crippen molar-refractivity contribution in [1.29, 1.82) is 0 Å². The second kappa shape index (κ2) is 6.95. The Morgan fingerprint density at radius 3 is 2.55 bits per heavy atom. The van der Waals surface area contributed by atoms with Gasteiger partial charge in [0.1, 0.15) is 11.5 Å². The van der Waals surface area contributed by atoms with E-state index in [1.165, 1.54) is 0 Å². The molecule has 0 radical (unpaired) electrons.